The predicted octanol–water partition coefficient (Wildman–Crippen LogP) is 6.57. The predicted molar refractivity (Wildman–Crippen MR) is 250 cm³/mol. The van der Waals surface area contributed by atoms with E-state index in [9.17, 15) is 39.3 Å². The van der Waals surface area contributed by atoms with Crippen LogP contribution < -0.4 is 0 Å². The Balaban J connectivity index is 1.71. The van der Waals surface area contributed by atoms with Crippen LogP contribution in [0.3, 0.4) is 0 Å². The van der Waals surface area contributed by atoms with Crippen molar-refractivity contribution in [2.75, 3.05) is 27.4 Å². The quantitative estimate of drug-likeness (QED) is 0.141. The summed E-state index contributed by atoms with van der Waals surface area (Å²) in [6, 6.07) is -1.14. The van der Waals surface area contributed by atoms with Crippen LogP contribution in [-0.2, 0) is 47.7 Å². The molecule has 372 valence electrons. The number of ether oxygens (including phenoxy) is 5. The highest BCUT2D eigenvalue weighted by molar-refractivity contribution is 6.39. The lowest BCUT2D eigenvalue weighted by Gasteiger charge is -2.43. The standard InChI is InChI=1S/C52H81NO13/c1-11-64-43-29-39-22-20-37(8)52(61,66-39)49(58)50(59)53-24-16-15-19-40(53)51(60)65-44(34(5)27-38-21-23-41(54)45(28-38)62-9)30-42(55)33(4)26-36(7)47(57)48(63-10)46(56)35(6)25-31(2)17-13-12-14-18-32(43)3/h12-14,17-18,26,31,33-35,37-41,43-45,47-48,54,57,61H,11,15-16,19-25,27-30H2,1-10H3/b14-12+,17-13+,32-18+,36-26+/t31-,33-,34-,35-,37-,38+,39+,40+,41-,43+,44+,45-,47?,48+,52-/m1/s1. The van der Waals surface area contributed by atoms with E-state index in [1.54, 1.807) is 34.0 Å². The zero-order valence-electron chi connectivity index (χ0n) is 41.3. The van der Waals surface area contributed by atoms with Crippen molar-refractivity contribution in [3.63, 3.8) is 0 Å². The lowest BCUT2D eigenvalue weighted by atomic mass is 9.78. The first-order valence-corrected chi connectivity index (χ1v) is 24.5. The van der Waals surface area contributed by atoms with Gasteiger partial charge in [0.2, 0.25) is 5.79 Å². The van der Waals surface area contributed by atoms with Gasteiger partial charge in [-0.1, -0.05) is 71.1 Å². The molecule has 0 aromatic heterocycles. The molecule has 3 aliphatic heterocycles. The van der Waals surface area contributed by atoms with Crippen molar-refractivity contribution in [2.45, 2.75) is 187 Å². The van der Waals surface area contributed by atoms with E-state index in [2.05, 4.69) is 0 Å². The summed E-state index contributed by atoms with van der Waals surface area (Å²) in [5, 5.41) is 33.9. The van der Waals surface area contributed by atoms with Crippen LogP contribution in [0.25, 0.3) is 0 Å². The zero-order chi connectivity index (χ0) is 48.9. The van der Waals surface area contributed by atoms with Gasteiger partial charge in [0.05, 0.1) is 24.4 Å². The summed E-state index contributed by atoms with van der Waals surface area (Å²) < 4.78 is 29.7. The first-order chi connectivity index (χ1) is 31.2. The average molecular weight is 928 g/mol. The Bertz CT molecular complexity index is 1770. The third kappa shape index (κ3) is 14.6. The summed E-state index contributed by atoms with van der Waals surface area (Å²) in [6.45, 7) is 15.1. The fourth-order valence-corrected chi connectivity index (χ4v) is 10.2. The van der Waals surface area contributed by atoms with Crippen LogP contribution in [0.4, 0.5) is 0 Å². The number of Topliss-reactive ketones (excluding diaryl/α,β-unsaturated/α-hetero) is 3. The zero-order valence-corrected chi connectivity index (χ0v) is 41.3. The van der Waals surface area contributed by atoms with E-state index >= 15 is 0 Å². The maximum Gasteiger partial charge on any atom is 0.329 e. The smallest absolute Gasteiger partial charge is 0.329 e. The van der Waals surface area contributed by atoms with Crippen LogP contribution in [0, 0.1) is 35.5 Å². The molecule has 4 aliphatic rings. The van der Waals surface area contributed by atoms with Gasteiger partial charge in [-0.25, -0.2) is 4.79 Å². The maximum atomic E-state index is 14.4. The molecule has 0 spiro atoms. The number of esters is 1. The number of fused-ring (bicyclic) bond motifs is 3. The first-order valence-electron chi connectivity index (χ1n) is 24.5. The Hall–Kier alpha value is -3.37. The van der Waals surface area contributed by atoms with E-state index in [1.165, 1.54) is 12.0 Å². The fourth-order valence-electron chi connectivity index (χ4n) is 10.2. The highest BCUT2D eigenvalue weighted by Crippen LogP contribution is 2.38. The Morgan fingerprint density at radius 1 is 0.879 bits per heavy atom. The van der Waals surface area contributed by atoms with Crippen molar-refractivity contribution < 1.29 is 63.0 Å². The number of amides is 1. The average Bonchev–Trinajstić information content (AvgIpc) is 3.29. The number of hydrogen-bond acceptors (Lipinski definition) is 13. The van der Waals surface area contributed by atoms with Crippen molar-refractivity contribution in [1.29, 1.82) is 0 Å². The summed E-state index contributed by atoms with van der Waals surface area (Å²) in [5.41, 5.74) is 1.29. The minimum Gasteiger partial charge on any atom is -0.460 e. The summed E-state index contributed by atoms with van der Waals surface area (Å²) in [4.78, 5) is 71.9. The molecule has 3 fully saturated rings. The monoisotopic (exact) mass is 928 g/mol. The van der Waals surface area contributed by atoms with Gasteiger partial charge < -0.3 is 43.9 Å². The summed E-state index contributed by atoms with van der Waals surface area (Å²) >= 11 is 0. The van der Waals surface area contributed by atoms with E-state index in [1.807, 2.05) is 65.0 Å². The molecule has 1 amide bonds. The highest BCUT2D eigenvalue weighted by atomic mass is 16.6. The van der Waals surface area contributed by atoms with Crippen molar-refractivity contribution in [3.05, 3.63) is 47.6 Å². The third-order valence-electron chi connectivity index (χ3n) is 14.6. The lowest BCUT2D eigenvalue weighted by molar-refractivity contribution is -0.266. The van der Waals surface area contributed by atoms with Gasteiger partial charge in [-0.05, 0) is 114 Å². The number of piperidine rings is 1. The molecule has 14 heteroatoms. The van der Waals surface area contributed by atoms with Gasteiger partial charge in [-0.3, -0.25) is 19.2 Å². The van der Waals surface area contributed by atoms with Gasteiger partial charge in [0.1, 0.15) is 30.1 Å². The molecule has 0 radical (unpaired) electrons. The summed E-state index contributed by atoms with van der Waals surface area (Å²) in [5.74, 6) is -7.95. The van der Waals surface area contributed by atoms with E-state index in [0.717, 1.165) is 12.0 Å². The van der Waals surface area contributed by atoms with Gasteiger partial charge >= 0.3 is 5.97 Å². The SMILES string of the molecule is CCO[C@H]1C[C@@H]2CC[C@@H](C)[C@@](O)(O2)C(=O)C(=O)N2CCCC[C@H]2C(=O)O[C@H]([C@H](C)C[C@@H]2CC[C@@H](O)[C@H](OC)C2)CC(=O)[C@H](C)/C=C(\C)C(O)[C@@H](OC)C(=O)[C@H](C)C[C@H](C)/C=C/C=C/C=C/1C. The topological polar surface area (TPSA) is 195 Å². The number of methoxy groups -OCH3 is 2. The number of nitrogens with zero attached hydrogens (tertiary/aromatic N) is 1. The van der Waals surface area contributed by atoms with Crippen molar-refractivity contribution in [2.24, 2.45) is 35.5 Å². The number of cyclic esters (lactones) is 1. The lowest BCUT2D eigenvalue weighted by Crippen LogP contribution is -2.61. The Kier molecular flexibility index (Phi) is 21.6. The largest absolute Gasteiger partial charge is 0.460 e. The van der Waals surface area contributed by atoms with E-state index in [4.69, 9.17) is 23.7 Å². The Labute approximate surface area is 393 Å². The summed E-state index contributed by atoms with van der Waals surface area (Å²) in [6.07, 6.45) is 11.3. The number of aliphatic hydroxyl groups is 3. The van der Waals surface area contributed by atoms with Gasteiger partial charge in [0, 0.05) is 58.0 Å². The molecule has 0 aromatic rings. The van der Waals surface area contributed by atoms with E-state index < -0.39 is 83.9 Å². The highest BCUT2D eigenvalue weighted by Gasteiger charge is 2.53. The second-order valence-electron chi connectivity index (χ2n) is 19.8. The molecule has 1 aliphatic carbocycles. The van der Waals surface area contributed by atoms with E-state index in [-0.39, 0.29) is 54.8 Å². The molecule has 3 N–H and O–H groups in total. The first kappa shape index (κ1) is 55.2. The molecular formula is C52H81NO13. The second-order valence-corrected chi connectivity index (χ2v) is 19.8. The van der Waals surface area contributed by atoms with Crippen LogP contribution in [0.15, 0.2) is 47.6 Å². The van der Waals surface area contributed by atoms with E-state index in [0.29, 0.717) is 70.0 Å². The molecule has 1 saturated carbocycles. The minimum atomic E-state index is -2.43. The molecule has 0 aromatic carbocycles. The van der Waals surface area contributed by atoms with Crippen LogP contribution >= 0.6 is 0 Å². The van der Waals surface area contributed by atoms with Crippen LogP contribution in [0.2, 0.25) is 0 Å². The van der Waals surface area contributed by atoms with Crippen molar-refractivity contribution in [1.82, 2.24) is 4.90 Å². The van der Waals surface area contributed by atoms with Gasteiger partial charge in [0.25, 0.3) is 11.7 Å². The minimum absolute atomic E-state index is 0.0188. The molecule has 4 rings (SSSR count). The molecule has 14 nitrogen and oxygen atoms in total. The molecule has 66 heavy (non-hydrogen) atoms. The Morgan fingerprint density at radius 3 is 2.29 bits per heavy atom. The van der Waals surface area contributed by atoms with Gasteiger partial charge in [-0.2, -0.15) is 0 Å². The molecular weight excluding hydrogens is 847 g/mol. The van der Waals surface area contributed by atoms with Crippen LogP contribution in [-0.4, -0.2) is 131 Å². The van der Waals surface area contributed by atoms with Gasteiger partial charge in [0.15, 0.2) is 5.78 Å². The van der Waals surface area contributed by atoms with Crippen LogP contribution in [0.5, 0.6) is 0 Å². The Morgan fingerprint density at radius 2 is 1.61 bits per heavy atom. The fraction of sp³-hybridized carbons (Fsp3) is 0.750. The number of aliphatic hydroxyl groups excluding tert-OH is 2. The van der Waals surface area contributed by atoms with Crippen molar-refractivity contribution in [3.8, 4) is 0 Å². The third-order valence-corrected chi connectivity index (χ3v) is 14.6. The molecule has 2 bridgehead atoms. The number of carbonyl (C=O) groups excluding carboxylic acids is 5. The number of rotatable bonds is 7. The molecule has 3 heterocycles. The normalized spacial score (nSPS) is 40.0. The number of hydrogen-bond donors (Lipinski definition) is 3. The number of allylic oxidation sites excluding steroid dienone is 6. The molecule has 2 saturated heterocycles. The maximum absolute atomic E-state index is 14.4. The van der Waals surface area contributed by atoms with Crippen molar-refractivity contribution >= 4 is 29.2 Å². The summed E-state index contributed by atoms with van der Waals surface area (Å²) in [7, 11) is 2.95. The number of carbonyl (C=O) groups is 5. The van der Waals surface area contributed by atoms with Gasteiger partial charge in [-0.15, -0.1) is 0 Å². The second kappa shape index (κ2) is 25.8. The molecule has 1 unspecified atom stereocenters. The van der Waals surface area contributed by atoms with Crippen LogP contribution in [0.1, 0.15) is 132 Å². The number of ketones is 3. The molecule has 15 atom stereocenters.